The summed E-state index contributed by atoms with van der Waals surface area (Å²) in [5.41, 5.74) is 1.49. The van der Waals surface area contributed by atoms with Gasteiger partial charge in [-0.25, -0.2) is 0 Å². The number of benzene rings is 2. The van der Waals surface area contributed by atoms with Crippen LogP contribution >= 0.6 is 11.8 Å². The second-order valence-electron chi connectivity index (χ2n) is 5.56. The number of methoxy groups -OCH3 is 1. The predicted octanol–water partition coefficient (Wildman–Crippen LogP) is 3.50. The molecule has 0 saturated heterocycles. The molecule has 1 atom stereocenters. The van der Waals surface area contributed by atoms with Crippen LogP contribution in [0.25, 0.3) is 17.1 Å². The Morgan fingerprint density at radius 2 is 1.81 bits per heavy atom. The van der Waals surface area contributed by atoms with Gasteiger partial charge in [-0.3, -0.25) is 19.5 Å². The van der Waals surface area contributed by atoms with E-state index in [1.54, 1.807) is 19.1 Å². The van der Waals surface area contributed by atoms with Crippen LogP contribution in [0.15, 0.2) is 59.8 Å². The molecule has 8 nitrogen and oxygen atoms in total. The number of nitro benzene ring substituents is 1. The summed E-state index contributed by atoms with van der Waals surface area (Å²) >= 11 is 1.23. The standard InChI is InChI=1S/C18H16N4O4S/c1-12(17(23)26-2)27-18-20-19-16(21(18)14-6-4-3-5-7-14)13-8-10-15(11-9-13)22(24)25/h3-12H,1-2H3. The van der Waals surface area contributed by atoms with Crippen molar-refractivity contribution in [3.05, 3.63) is 64.7 Å². The fraction of sp³-hybridized carbons (Fsp3) is 0.167. The van der Waals surface area contributed by atoms with Crippen molar-refractivity contribution in [3.63, 3.8) is 0 Å². The van der Waals surface area contributed by atoms with E-state index >= 15 is 0 Å². The summed E-state index contributed by atoms with van der Waals surface area (Å²) in [7, 11) is 1.34. The van der Waals surface area contributed by atoms with Crippen molar-refractivity contribution in [3.8, 4) is 17.1 Å². The van der Waals surface area contributed by atoms with E-state index in [9.17, 15) is 14.9 Å². The van der Waals surface area contributed by atoms with Crippen LogP contribution in [0, 0.1) is 10.1 Å². The minimum Gasteiger partial charge on any atom is -0.468 e. The molecule has 0 saturated carbocycles. The topological polar surface area (TPSA) is 100 Å². The third-order valence-electron chi connectivity index (χ3n) is 3.80. The normalized spacial score (nSPS) is 11.8. The van der Waals surface area contributed by atoms with Gasteiger partial charge in [0.1, 0.15) is 5.25 Å². The van der Waals surface area contributed by atoms with E-state index < -0.39 is 10.2 Å². The second kappa shape index (κ2) is 8.00. The highest BCUT2D eigenvalue weighted by atomic mass is 32.2. The Kier molecular flexibility index (Phi) is 5.51. The zero-order valence-electron chi connectivity index (χ0n) is 14.6. The van der Waals surface area contributed by atoms with Crippen molar-refractivity contribution in [1.82, 2.24) is 14.8 Å². The fourth-order valence-corrected chi connectivity index (χ4v) is 3.34. The largest absolute Gasteiger partial charge is 0.468 e. The number of hydrogen-bond donors (Lipinski definition) is 0. The first-order valence-corrected chi connectivity index (χ1v) is 8.89. The molecule has 0 bridgehead atoms. The summed E-state index contributed by atoms with van der Waals surface area (Å²) < 4.78 is 6.59. The van der Waals surface area contributed by atoms with Crippen molar-refractivity contribution in [2.24, 2.45) is 0 Å². The Labute approximate surface area is 159 Å². The van der Waals surface area contributed by atoms with Gasteiger partial charge in [0.05, 0.1) is 12.0 Å². The van der Waals surface area contributed by atoms with Crippen molar-refractivity contribution < 1.29 is 14.5 Å². The van der Waals surface area contributed by atoms with Gasteiger partial charge in [0.25, 0.3) is 5.69 Å². The molecule has 0 fully saturated rings. The van der Waals surface area contributed by atoms with Gasteiger partial charge in [-0.2, -0.15) is 0 Å². The smallest absolute Gasteiger partial charge is 0.318 e. The number of carbonyl (C=O) groups is 1. The van der Waals surface area contributed by atoms with Crippen LogP contribution < -0.4 is 0 Å². The lowest BCUT2D eigenvalue weighted by atomic mass is 10.2. The van der Waals surface area contributed by atoms with Crippen LogP contribution in [0.3, 0.4) is 0 Å². The van der Waals surface area contributed by atoms with Crippen LogP contribution in [0.4, 0.5) is 5.69 Å². The van der Waals surface area contributed by atoms with E-state index in [-0.39, 0.29) is 11.7 Å². The molecule has 1 aromatic heterocycles. The molecular weight excluding hydrogens is 368 g/mol. The summed E-state index contributed by atoms with van der Waals surface area (Å²) in [6, 6.07) is 15.5. The third-order valence-corrected chi connectivity index (χ3v) is 4.82. The maximum Gasteiger partial charge on any atom is 0.318 e. The Morgan fingerprint density at radius 1 is 1.15 bits per heavy atom. The zero-order valence-corrected chi connectivity index (χ0v) is 15.4. The number of carbonyl (C=O) groups excluding carboxylic acids is 1. The Bertz CT molecular complexity index is 957. The van der Waals surface area contributed by atoms with Crippen molar-refractivity contribution in [2.45, 2.75) is 17.3 Å². The summed E-state index contributed by atoms with van der Waals surface area (Å²) in [5.74, 6) is 0.162. The van der Waals surface area contributed by atoms with Crippen molar-refractivity contribution in [2.75, 3.05) is 7.11 Å². The van der Waals surface area contributed by atoms with E-state index in [4.69, 9.17) is 4.74 Å². The molecule has 138 valence electrons. The number of ether oxygens (including phenoxy) is 1. The molecule has 0 aliphatic rings. The summed E-state index contributed by atoms with van der Waals surface area (Å²) in [6.07, 6.45) is 0. The molecule has 0 N–H and O–H groups in total. The van der Waals surface area contributed by atoms with Crippen LogP contribution in [0.5, 0.6) is 0 Å². The number of aromatic nitrogens is 3. The van der Waals surface area contributed by atoms with Crippen LogP contribution in [-0.4, -0.2) is 38.0 Å². The minimum atomic E-state index is -0.466. The molecule has 0 aliphatic heterocycles. The molecule has 3 rings (SSSR count). The summed E-state index contributed by atoms with van der Waals surface area (Å²) in [4.78, 5) is 22.2. The average Bonchev–Trinajstić information content (AvgIpc) is 3.11. The van der Waals surface area contributed by atoms with Crippen molar-refractivity contribution in [1.29, 1.82) is 0 Å². The number of hydrogen-bond acceptors (Lipinski definition) is 7. The van der Waals surface area contributed by atoms with Crippen LogP contribution in [0.2, 0.25) is 0 Å². The lowest BCUT2D eigenvalue weighted by molar-refractivity contribution is -0.384. The quantitative estimate of drug-likeness (QED) is 0.277. The molecule has 1 heterocycles. The summed E-state index contributed by atoms with van der Waals surface area (Å²) in [5, 5.41) is 19.4. The van der Waals surface area contributed by atoms with Crippen LogP contribution in [0.1, 0.15) is 6.92 Å². The first-order valence-electron chi connectivity index (χ1n) is 8.01. The Hall–Kier alpha value is -3.20. The van der Waals surface area contributed by atoms with E-state index in [0.717, 1.165) is 5.69 Å². The van der Waals surface area contributed by atoms with Gasteiger partial charge in [0, 0.05) is 23.4 Å². The minimum absolute atomic E-state index is 0.00145. The number of nitrogens with zero attached hydrogens (tertiary/aromatic N) is 4. The molecule has 0 radical (unpaired) electrons. The molecule has 2 aromatic carbocycles. The molecule has 3 aromatic rings. The Morgan fingerprint density at radius 3 is 2.41 bits per heavy atom. The molecule has 1 unspecified atom stereocenters. The van der Waals surface area contributed by atoms with Gasteiger partial charge >= 0.3 is 5.97 Å². The third kappa shape index (κ3) is 3.98. The number of esters is 1. The maximum atomic E-state index is 11.8. The highest BCUT2D eigenvalue weighted by molar-refractivity contribution is 8.00. The van der Waals surface area contributed by atoms with Gasteiger partial charge in [-0.15, -0.1) is 10.2 Å². The first kappa shape index (κ1) is 18.6. The van der Waals surface area contributed by atoms with Gasteiger partial charge in [-0.05, 0) is 31.2 Å². The number of nitro groups is 1. The van der Waals surface area contributed by atoms with Gasteiger partial charge in [0.2, 0.25) is 0 Å². The molecule has 0 spiro atoms. The van der Waals surface area contributed by atoms with Gasteiger partial charge in [-0.1, -0.05) is 30.0 Å². The number of thioether (sulfide) groups is 1. The zero-order chi connectivity index (χ0) is 19.4. The van der Waals surface area contributed by atoms with Crippen LogP contribution in [-0.2, 0) is 9.53 Å². The molecule has 27 heavy (non-hydrogen) atoms. The van der Waals surface area contributed by atoms with Gasteiger partial charge < -0.3 is 4.74 Å². The predicted molar refractivity (Wildman–Crippen MR) is 101 cm³/mol. The second-order valence-corrected chi connectivity index (χ2v) is 6.87. The monoisotopic (exact) mass is 384 g/mol. The van der Waals surface area contributed by atoms with Gasteiger partial charge in [0.15, 0.2) is 11.0 Å². The van der Waals surface area contributed by atoms with E-state index in [0.29, 0.717) is 16.5 Å². The van der Waals surface area contributed by atoms with E-state index in [2.05, 4.69) is 10.2 Å². The molecular formula is C18H16N4O4S. The van der Waals surface area contributed by atoms with E-state index in [1.807, 2.05) is 34.9 Å². The SMILES string of the molecule is COC(=O)C(C)Sc1nnc(-c2ccc([N+](=O)[O-])cc2)n1-c1ccccc1. The average molecular weight is 384 g/mol. The van der Waals surface area contributed by atoms with E-state index in [1.165, 1.54) is 31.0 Å². The molecule has 0 amide bonds. The number of rotatable bonds is 6. The fourth-order valence-electron chi connectivity index (χ4n) is 2.45. The lowest BCUT2D eigenvalue weighted by Crippen LogP contribution is -2.15. The highest BCUT2D eigenvalue weighted by Crippen LogP contribution is 2.31. The maximum absolute atomic E-state index is 11.8. The van der Waals surface area contributed by atoms with Crippen molar-refractivity contribution >= 4 is 23.4 Å². The lowest BCUT2D eigenvalue weighted by Gasteiger charge is -2.12. The highest BCUT2D eigenvalue weighted by Gasteiger charge is 2.22. The number of non-ortho nitro benzene ring substituents is 1. The summed E-state index contributed by atoms with van der Waals surface area (Å²) in [6.45, 7) is 1.73. The molecule has 9 heteroatoms. The number of para-hydroxylation sites is 1. The Balaban J connectivity index is 2.06. The first-order chi connectivity index (χ1) is 13.0. The molecule has 0 aliphatic carbocycles.